The number of halogens is 3. The van der Waals surface area contributed by atoms with E-state index in [-0.39, 0.29) is 35.7 Å². The number of ether oxygens (including phenoxy) is 1. The van der Waals surface area contributed by atoms with Crippen LogP contribution in [0.25, 0.3) is 0 Å². The first-order valence-corrected chi connectivity index (χ1v) is 12.9. The fourth-order valence-electron chi connectivity index (χ4n) is 4.26. The van der Waals surface area contributed by atoms with Gasteiger partial charge in [0.25, 0.3) is 11.8 Å². The number of thiazole rings is 1. The number of aromatic nitrogens is 1. The highest BCUT2D eigenvalue weighted by molar-refractivity contribution is 7.09. The Morgan fingerprint density at radius 1 is 1.11 bits per heavy atom. The molecule has 6 nitrogen and oxygen atoms in total. The lowest BCUT2D eigenvalue weighted by atomic mass is 9.97. The summed E-state index contributed by atoms with van der Waals surface area (Å²) in [6, 6.07) is 12.3. The van der Waals surface area contributed by atoms with Gasteiger partial charge in [0.2, 0.25) is 0 Å². The zero-order valence-corrected chi connectivity index (χ0v) is 21.4. The second kappa shape index (κ2) is 11.3. The number of carbonyl (C=O) groups is 2. The van der Waals surface area contributed by atoms with Crippen molar-refractivity contribution in [1.29, 1.82) is 0 Å². The fraction of sp³-hybridized carbons (Fsp3) is 0.370. The smallest absolute Gasteiger partial charge is 0.416 e. The van der Waals surface area contributed by atoms with Gasteiger partial charge in [-0.25, -0.2) is 4.98 Å². The Morgan fingerprint density at radius 3 is 2.43 bits per heavy atom. The average Bonchev–Trinajstić information content (AvgIpc) is 3.37. The number of piperidine rings is 1. The first kappa shape index (κ1) is 26.7. The van der Waals surface area contributed by atoms with Gasteiger partial charge >= 0.3 is 6.18 Å². The number of nitrogens with zero attached hydrogens (tertiary/aromatic N) is 2. The van der Waals surface area contributed by atoms with Gasteiger partial charge in [-0.3, -0.25) is 9.59 Å². The quantitative estimate of drug-likeness (QED) is 0.412. The summed E-state index contributed by atoms with van der Waals surface area (Å²) in [6.45, 7) is 4.79. The zero-order valence-electron chi connectivity index (χ0n) is 20.5. The van der Waals surface area contributed by atoms with Crippen molar-refractivity contribution in [3.05, 3.63) is 81.3 Å². The van der Waals surface area contributed by atoms with Crippen LogP contribution in [0.3, 0.4) is 0 Å². The third-order valence-corrected chi connectivity index (χ3v) is 7.13. The lowest BCUT2D eigenvalue weighted by Crippen LogP contribution is -2.37. The van der Waals surface area contributed by atoms with E-state index in [1.54, 1.807) is 29.6 Å². The Bertz CT molecular complexity index is 1230. The summed E-state index contributed by atoms with van der Waals surface area (Å²) in [5, 5.41) is 4.96. The first-order chi connectivity index (χ1) is 17.6. The maximum atomic E-state index is 13.2. The number of nitrogens with one attached hydrogen (secondary N) is 1. The topological polar surface area (TPSA) is 71.5 Å². The molecular formula is C27H28F3N3O3S. The van der Waals surface area contributed by atoms with Crippen molar-refractivity contribution in [3.8, 4) is 5.75 Å². The van der Waals surface area contributed by atoms with Gasteiger partial charge in [0.1, 0.15) is 11.4 Å². The molecule has 1 fully saturated rings. The highest BCUT2D eigenvalue weighted by Gasteiger charge is 2.33. The average molecular weight is 532 g/mol. The number of alkyl halides is 3. The molecule has 1 N–H and O–H groups in total. The van der Waals surface area contributed by atoms with Crippen LogP contribution in [0.4, 0.5) is 13.2 Å². The molecule has 1 saturated heterocycles. The van der Waals surface area contributed by atoms with Gasteiger partial charge in [-0.2, -0.15) is 13.2 Å². The van der Waals surface area contributed by atoms with Crippen LogP contribution in [0.15, 0.2) is 53.9 Å². The molecule has 0 bridgehead atoms. The molecule has 0 unspecified atom stereocenters. The normalized spacial score (nSPS) is 14.6. The van der Waals surface area contributed by atoms with Crippen molar-refractivity contribution in [2.24, 2.45) is 0 Å². The molecule has 2 heterocycles. The second-order valence-corrected chi connectivity index (χ2v) is 10.1. The van der Waals surface area contributed by atoms with E-state index in [9.17, 15) is 22.8 Å². The highest BCUT2D eigenvalue weighted by atomic mass is 32.1. The van der Waals surface area contributed by atoms with E-state index in [0.29, 0.717) is 31.5 Å². The predicted octanol–water partition coefficient (Wildman–Crippen LogP) is 5.90. The maximum absolute atomic E-state index is 13.2. The largest absolute Gasteiger partial charge is 0.491 e. The molecule has 10 heteroatoms. The molecule has 0 radical (unpaired) electrons. The summed E-state index contributed by atoms with van der Waals surface area (Å²) < 4.78 is 45.2. The Labute approximate surface area is 217 Å². The van der Waals surface area contributed by atoms with Crippen LogP contribution in [0, 0.1) is 0 Å². The van der Waals surface area contributed by atoms with Gasteiger partial charge in [0.05, 0.1) is 16.7 Å². The standard InChI is InChI=1S/C27H28F3N3O3S/c1-17(2)36-21-9-7-19(8-10-21)26(35)33-13-11-18(12-14-33)25-32-23(16-37-25)24(34)31-15-20-5-3-4-6-22(20)27(28,29)30/h3-10,16-18H,11-15H2,1-2H3,(H,31,34). The van der Waals surface area contributed by atoms with E-state index < -0.39 is 17.6 Å². The van der Waals surface area contributed by atoms with Gasteiger partial charge in [0, 0.05) is 36.5 Å². The van der Waals surface area contributed by atoms with Crippen LogP contribution in [-0.2, 0) is 12.7 Å². The van der Waals surface area contributed by atoms with E-state index in [1.807, 2.05) is 18.7 Å². The van der Waals surface area contributed by atoms with Crippen molar-refractivity contribution in [3.63, 3.8) is 0 Å². The Hall–Kier alpha value is -3.40. The monoisotopic (exact) mass is 531 g/mol. The van der Waals surface area contributed by atoms with Gasteiger partial charge in [-0.05, 0) is 62.6 Å². The van der Waals surface area contributed by atoms with Gasteiger partial charge in [0.15, 0.2) is 0 Å². The van der Waals surface area contributed by atoms with Crippen molar-refractivity contribution >= 4 is 23.2 Å². The summed E-state index contributed by atoms with van der Waals surface area (Å²) in [5.41, 5.74) is 0.0231. The predicted molar refractivity (Wildman–Crippen MR) is 135 cm³/mol. The molecule has 1 aliphatic rings. The maximum Gasteiger partial charge on any atom is 0.416 e. The number of likely N-dealkylation sites (tertiary alicyclic amines) is 1. The van der Waals surface area contributed by atoms with Crippen molar-refractivity contribution < 1.29 is 27.5 Å². The summed E-state index contributed by atoms with van der Waals surface area (Å²) >= 11 is 1.36. The van der Waals surface area contributed by atoms with Crippen LogP contribution in [0.1, 0.15) is 69.6 Å². The zero-order chi connectivity index (χ0) is 26.6. The molecule has 0 atom stereocenters. The summed E-state index contributed by atoms with van der Waals surface area (Å²) in [4.78, 5) is 31.7. The summed E-state index contributed by atoms with van der Waals surface area (Å²) in [6.07, 6.45) is -3.00. The lowest BCUT2D eigenvalue weighted by molar-refractivity contribution is -0.138. The minimum Gasteiger partial charge on any atom is -0.491 e. The number of benzene rings is 2. The van der Waals surface area contributed by atoms with Crippen LogP contribution in [0.2, 0.25) is 0 Å². The number of carbonyl (C=O) groups excluding carboxylic acids is 2. The van der Waals surface area contributed by atoms with Crippen LogP contribution < -0.4 is 10.1 Å². The third kappa shape index (κ3) is 6.68. The van der Waals surface area contributed by atoms with Crippen molar-refractivity contribution in [2.45, 2.75) is 51.4 Å². The Kier molecular flexibility index (Phi) is 8.16. The molecule has 1 aromatic heterocycles. The second-order valence-electron chi connectivity index (χ2n) is 9.17. The Morgan fingerprint density at radius 2 is 1.78 bits per heavy atom. The number of rotatable bonds is 7. The van der Waals surface area contributed by atoms with E-state index in [2.05, 4.69) is 10.3 Å². The number of hydrogen-bond donors (Lipinski definition) is 1. The molecule has 2 aromatic carbocycles. The highest BCUT2D eigenvalue weighted by Crippen LogP contribution is 2.33. The first-order valence-electron chi connectivity index (χ1n) is 12.1. The van der Waals surface area contributed by atoms with E-state index >= 15 is 0 Å². The number of hydrogen-bond acceptors (Lipinski definition) is 5. The van der Waals surface area contributed by atoms with Crippen molar-refractivity contribution in [2.75, 3.05) is 13.1 Å². The van der Waals surface area contributed by atoms with Crippen LogP contribution in [-0.4, -0.2) is 40.9 Å². The summed E-state index contributed by atoms with van der Waals surface area (Å²) in [7, 11) is 0. The molecular weight excluding hydrogens is 503 g/mol. The minimum atomic E-state index is -4.49. The van der Waals surface area contributed by atoms with Crippen LogP contribution >= 0.6 is 11.3 Å². The molecule has 4 rings (SSSR count). The van der Waals surface area contributed by atoms with Crippen LogP contribution in [0.5, 0.6) is 5.75 Å². The third-order valence-electron chi connectivity index (χ3n) is 6.12. The van der Waals surface area contributed by atoms with E-state index in [1.165, 1.54) is 29.5 Å². The van der Waals surface area contributed by atoms with E-state index in [0.717, 1.165) is 16.8 Å². The molecule has 196 valence electrons. The van der Waals surface area contributed by atoms with Gasteiger partial charge < -0.3 is 15.0 Å². The molecule has 0 saturated carbocycles. The molecule has 0 spiro atoms. The van der Waals surface area contributed by atoms with Gasteiger partial charge in [-0.1, -0.05) is 18.2 Å². The van der Waals surface area contributed by atoms with Gasteiger partial charge in [-0.15, -0.1) is 11.3 Å². The Balaban J connectivity index is 1.30. The summed E-state index contributed by atoms with van der Waals surface area (Å²) in [5.74, 6) is 0.284. The molecule has 37 heavy (non-hydrogen) atoms. The molecule has 1 aliphatic heterocycles. The van der Waals surface area contributed by atoms with E-state index in [4.69, 9.17) is 4.74 Å². The molecule has 0 aliphatic carbocycles. The fourth-order valence-corrected chi connectivity index (χ4v) is 5.23. The molecule has 3 aromatic rings. The SMILES string of the molecule is CC(C)Oc1ccc(C(=O)N2CCC(c3nc(C(=O)NCc4ccccc4C(F)(F)F)cs3)CC2)cc1. The lowest BCUT2D eigenvalue weighted by Gasteiger charge is -2.31. The van der Waals surface area contributed by atoms with Crippen molar-refractivity contribution in [1.82, 2.24) is 15.2 Å². The molecule has 2 amide bonds. The minimum absolute atomic E-state index is 0.00192. The number of amides is 2.